The summed E-state index contributed by atoms with van der Waals surface area (Å²) in [5.41, 5.74) is 2.72. The molecule has 1 heterocycles. The fraction of sp³-hybridized carbons (Fsp3) is 0.714. The van der Waals surface area contributed by atoms with E-state index in [1.165, 1.54) is 11.1 Å². The molecule has 4 heteroatoms. The summed E-state index contributed by atoms with van der Waals surface area (Å²) in [6, 6.07) is 6.51. The van der Waals surface area contributed by atoms with Crippen molar-refractivity contribution >= 4 is 0 Å². The maximum atomic E-state index is 10.3. The van der Waals surface area contributed by atoms with Crippen molar-refractivity contribution in [3.05, 3.63) is 29.3 Å². The quantitative estimate of drug-likeness (QED) is 0.910. The second-order valence-electron chi connectivity index (χ2n) is 8.26. The number of rotatable bonds is 3. The molecule has 1 N–H and O–H groups in total. The Labute approximate surface area is 150 Å². The lowest BCUT2D eigenvalue weighted by molar-refractivity contribution is -0.258. The Morgan fingerprint density at radius 2 is 1.96 bits per heavy atom. The molecule has 0 aromatic heterocycles. The second kappa shape index (κ2) is 6.26. The standard InChI is InChI=1S/C21H30O4/c1-20(21(2)24-10-11-25-21)9-8-17-16-7-5-15(23-3)12-14(16)4-6-18(17)19(20)13-22/h5,7,12,17-19,22H,4,6,8-11,13H2,1-3H3/t17-,18-,19+,20+/m1/s1. The van der Waals surface area contributed by atoms with E-state index in [9.17, 15) is 5.11 Å². The molecule has 1 saturated carbocycles. The Hall–Kier alpha value is -1.10. The number of hydrogen-bond acceptors (Lipinski definition) is 4. The number of hydrogen-bond donors (Lipinski definition) is 1. The molecular formula is C21H30O4. The van der Waals surface area contributed by atoms with Crippen molar-refractivity contribution in [1.82, 2.24) is 0 Å². The molecule has 0 bridgehead atoms. The Morgan fingerprint density at radius 3 is 2.64 bits per heavy atom. The maximum Gasteiger partial charge on any atom is 0.171 e. The molecule has 1 saturated heterocycles. The summed E-state index contributed by atoms with van der Waals surface area (Å²) < 4.78 is 17.5. The van der Waals surface area contributed by atoms with Gasteiger partial charge < -0.3 is 19.3 Å². The number of ether oxygens (including phenoxy) is 3. The van der Waals surface area contributed by atoms with Crippen LogP contribution in [0.1, 0.15) is 50.2 Å². The third-order valence-electron chi connectivity index (χ3n) is 7.40. The van der Waals surface area contributed by atoms with Gasteiger partial charge in [-0.2, -0.15) is 0 Å². The van der Waals surface area contributed by atoms with Gasteiger partial charge in [0.1, 0.15) is 5.75 Å². The van der Waals surface area contributed by atoms with Gasteiger partial charge in [0.25, 0.3) is 0 Å². The van der Waals surface area contributed by atoms with Gasteiger partial charge in [0, 0.05) is 12.0 Å². The van der Waals surface area contributed by atoms with Crippen LogP contribution >= 0.6 is 0 Å². The van der Waals surface area contributed by atoms with E-state index < -0.39 is 5.79 Å². The molecule has 0 unspecified atom stereocenters. The predicted molar refractivity (Wildman–Crippen MR) is 95.8 cm³/mol. The first kappa shape index (κ1) is 17.3. The third kappa shape index (κ3) is 2.53. The van der Waals surface area contributed by atoms with Crippen LogP contribution in [0.5, 0.6) is 5.75 Å². The molecule has 4 nitrogen and oxygen atoms in total. The Kier molecular flexibility index (Phi) is 4.33. The SMILES string of the molecule is COc1ccc2c(c1)CC[C@@H]1[C@@H]2CC[C@](C)(C2(C)OCCO2)[C@H]1CO. The van der Waals surface area contributed by atoms with Crippen LogP contribution in [-0.2, 0) is 15.9 Å². The molecule has 4 rings (SSSR count). The molecule has 1 aromatic rings. The number of benzene rings is 1. The summed E-state index contributed by atoms with van der Waals surface area (Å²) in [5, 5.41) is 10.3. The van der Waals surface area contributed by atoms with E-state index in [-0.39, 0.29) is 17.9 Å². The van der Waals surface area contributed by atoms with Crippen LogP contribution < -0.4 is 4.74 Å². The smallest absolute Gasteiger partial charge is 0.171 e. The molecule has 2 aliphatic carbocycles. The average molecular weight is 346 g/mol. The lowest BCUT2D eigenvalue weighted by atomic mass is 9.52. The predicted octanol–water partition coefficient (Wildman–Crippen LogP) is 3.51. The summed E-state index contributed by atoms with van der Waals surface area (Å²) in [4.78, 5) is 0. The highest BCUT2D eigenvalue weighted by atomic mass is 16.7. The monoisotopic (exact) mass is 346 g/mol. The van der Waals surface area contributed by atoms with Crippen LogP contribution in [0.2, 0.25) is 0 Å². The van der Waals surface area contributed by atoms with E-state index in [1.807, 2.05) is 0 Å². The number of aryl methyl sites for hydroxylation is 1. The molecular weight excluding hydrogens is 316 g/mol. The first-order valence-electron chi connectivity index (χ1n) is 9.58. The lowest BCUT2D eigenvalue weighted by Crippen LogP contribution is -2.56. The molecule has 0 amide bonds. The van der Waals surface area contributed by atoms with Crippen molar-refractivity contribution in [2.24, 2.45) is 17.3 Å². The zero-order chi connectivity index (χ0) is 17.7. The van der Waals surface area contributed by atoms with Crippen molar-refractivity contribution in [3.8, 4) is 5.75 Å². The lowest BCUT2D eigenvalue weighted by Gasteiger charge is -2.56. The number of methoxy groups -OCH3 is 1. The maximum absolute atomic E-state index is 10.3. The molecule has 3 aliphatic rings. The minimum atomic E-state index is -0.578. The van der Waals surface area contributed by atoms with E-state index in [1.54, 1.807) is 7.11 Å². The van der Waals surface area contributed by atoms with Crippen LogP contribution in [0.4, 0.5) is 0 Å². The molecule has 1 aliphatic heterocycles. The zero-order valence-electron chi connectivity index (χ0n) is 15.6. The number of fused-ring (bicyclic) bond motifs is 3. The van der Waals surface area contributed by atoms with E-state index in [0.29, 0.717) is 25.0 Å². The zero-order valence-corrected chi connectivity index (χ0v) is 15.6. The molecule has 2 fully saturated rings. The van der Waals surface area contributed by atoms with Crippen molar-refractivity contribution in [1.29, 1.82) is 0 Å². The average Bonchev–Trinajstić information content (AvgIpc) is 3.09. The van der Waals surface area contributed by atoms with Crippen LogP contribution in [0.25, 0.3) is 0 Å². The minimum Gasteiger partial charge on any atom is -0.497 e. The largest absolute Gasteiger partial charge is 0.497 e. The second-order valence-corrected chi connectivity index (χ2v) is 8.26. The molecule has 0 radical (unpaired) electrons. The van der Waals surface area contributed by atoms with Crippen molar-refractivity contribution in [2.75, 3.05) is 26.9 Å². The van der Waals surface area contributed by atoms with Crippen molar-refractivity contribution in [2.45, 2.75) is 51.2 Å². The first-order valence-corrected chi connectivity index (χ1v) is 9.58. The summed E-state index contributed by atoms with van der Waals surface area (Å²) in [6.45, 7) is 5.84. The molecule has 25 heavy (non-hydrogen) atoms. The van der Waals surface area contributed by atoms with Crippen LogP contribution in [-0.4, -0.2) is 37.8 Å². The van der Waals surface area contributed by atoms with Gasteiger partial charge in [0.05, 0.1) is 20.3 Å². The van der Waals surface area contributed by atoms with Gasteiger partial charge in [-0.25, -0.2) is 0 Å². The van der Waals surface area contributed by atoms with Crippen molar-refractivity contribution < 1.29 is 19.3 Å². The molecule has 1 aromatic carbocycles. The van der Waals surface area contributed by atoms with Gasteiger partial charge in [0.2, 0.25) is 0 Å². The first-order chi connectivity index (χ1) is 12.0. The van der Waals surface area contributed by atoms with Gasteiger partial charge in [-0.1, -0.05) is 13.0 Å². The Balaban J connectivity index is 1.67. The van der Waals surface area contributed by atoms with E-state index in [0.717, 1.165) is 31.4 Å². The summed E-state index contributed by atoms with van der Waals surface area (Å²) in [5.74, 6) is 1.56. The van der Waals surface area contributed by atoms with E-state index in [2.05, 4.69) is 32.0 Å². The Morgan fingerprint density at radius 1 is 1.20 bits per heavy atom. The normalized spacial score (nSPS) is 36.6. The molecule has 138 valence electrons. The molecule has 4 atom stereocenters. The highest BCUT2D eigenvalue weighted by Gasteiger charge is 2.58. The minimum absolute atomic E-state index is 0.149. The summed E-state index contributed by atoms with van der Waals surface area (Å²) in [6.07, 6.45) is 4.31. The van der Waals surface area contributed by atoms with E-state index >= 15 is 0 Å². The van der Waals surface area contributed by atoms with Crippen LogP contribution in [0.15, 0.2) is 18.2 Å². The van der Waals surface area contributed by atoms with Gasteiger partial charge in [-0.15, -0.1) is 0 Å². The van der Waals surface area contributed by atoms with Gasteiger partial charge in [-0.05, 0) is 73.6 Å². The van der Waals surface area contributed by atoms with Crippen LogP contribution in [0.3, 0.4) is 0 Å². The number of aliphatic hydroxyl groups is 1. The Bertz CT molecular complexity index is 637. The summed E-state index contributed by atoms with van der Waals surface area (Å²) in [7, 11) is 1.73. The third-order valence-corrected chi connectivity index (χ3v) is 7.40. The summed E-state index contributed by atoms with van der Waals surface area (Å²) >= 11 is 0. The van der Waals surface area contributed by atoms with Crippen molar-refractivity contribution in [3.63, 3.8) is 0 Å². The molecule has 0 spiro atoms. The van der Waals surface area contributed by atoms with Gasteiger partial charge in [-0.3, -0.25) is 0 Å². The fourth-order valence-corrected chi connectivity index (χ4v) is 5.75. The van der Waals surface area contributed by atoms with Crippen LogP contribution in [0, 0.1) is 17.3 Å². The van der Waals surface area contributed by atoms with Gasteiger partial charge >= 0.3 is 0 Å². The number of aliphatic hydroxyl groups excluding tert-OH is 1. The highest BCUT2D eigenvalue weighted by Crippen LogP contribution is 2.59. The fourth-order valence-electron chi connectivity index (χ4n) is 5.75. The topological polar surface area (TPSA) is 47.9 Å². The van der Waals surface area contributed by atoms with E-state index in [4.69, 9.17) is 14.2 Å². The highest BCUT2D eigenvalue weighted by molar-refractivity contribution is 5.40. The van der Waals surface area contributed by atoms with Gasteiger partial charge in [0.15, 0.2) is 5.79 Å².